The minimum Gasteiger partial charge on any atom is -0.490 e. The smallest absolute Gasteiger partial charge is 0.335 e. The Bertz CT molecular complexity index is 1370. The molecule has 1 aliphatic heterocycles. The number of carboxylic acid groups (broad SMARTS) is 1. The first-order valence-corrected chi connectivity index (χ1v) is 12.0. The molecule has 0 radical (unpaired) electrons. The molecule has 0 fully saturated rings. The van der Waals surface area contributed by atoms with Crippen LogP contribution in [0, 0.1) is 5.82 Å². The largest absolute Gasteiger partial charge is 0.490 e. The molecule has 0 saturated carbocycles. The van der Waals surface area contributed by atoms with E-state index in [1.807, 2.05) is 60.7 Å². The van der Waals surface area contributed by atoms with Crippen LogP contribution in [0.25, 0.3) is 10.8 Å². The van der Waals surface area contributed by atoms with Crippen molar-refractivity contribution in [1.29, 1.82) is 0 Å². The van der Waals surface area contributed by atoms with Gasteiger partial charge in [-0.25, -0.2) is 9.18 Å². The molecule has 0 aromatic heterocycles. The Morgan fingerprint density at radius 3 is 2.63 bits per heavy atom. The lowest BCUT2D eigenvalue weighted by atomic mass is 9.83. The fourth-order valence-corrected chi connectivity index (χ4v) is 5.11. The van der Waals surface area contributed by atoms with Crippen LogP contribution < -0.4 is 10.1 Å². The summed E-state index contributed by atoms with van der Waals surface area (Å²) in [5.74, 6) is -0.200. The van der Waals surface area contributed by atoms with Crippen molar-refractivity contribution in [2.24, 2.45) is 0 Å². The highest BCUT2D eigenvalue weighted by molar-refractivity contribution is 5.88. The Morgan fingerprint density at radius 2 is 1.80 bits per heavy atom. The number of hydrogen-bond donors (Lipinski definition) is 2. The normalized spacial score (nSPS) is 18.0. The monoisotopic (exact) mass is 469 g/mol. The van der Waals surface area contributed by atoms with Crippen LogP contribution in [-0.2, 0) is 0 Å². The Hall–Kier alpha value is -3.70. The van der Waals surface area contributed by atoms with Crippen LogP contribution >= 0.6 is 0 Å². The molecule has 3 atom stereocenters. The summed E-state index contributed by atoms with van der Waals surface area (Å²) in [4.78, 5) is 11.5. The van der Waals surface area contributed by atoms with E-state index in [1.54, 1.807) is 12.1 Å². The number of carboxylic acids is 1. The molecule has 5 rings (SSSR count). The van der Waals surface area contributed by atoms with Crippen LogP contribution in [0.3, 0.4) is 0 Å². The molecule has 0 amide bonds. The third kappa shape index (κ3) is 4.77. The highest BCUT2D eigenvalue weighted by atomic mass is 19.1. The SMILES string of the molecule is C[C@@H](NCCC1CC(c2cccc(C(=O)O)c2)c2ccccc2O1)c1ccc(F)c2ccccc12. The standard InChI is InChI=1S/C30H28FNO3/c1-19(23-13-14-28(31)25-10-3-2-9-24(23)25)32-16-15-22-18-27(26-11-4-5-12-29(26)35-22)20-7-6-8-21(17-20)30(33)34/h2-14,17,19,22,27,32H,15-16,18H2,1H3,(H,33,34)/t19-,22?,27?/m1/s1. The lowest BCUT2D eigenvalue weighted by Gasteiger charge is -2.33. The zero-order valence-electron chi connectivity index (χ0n) is 19.6. The predicted octanol–water partition coefficient (Wildman–Crippen LogP) is 6.70. The van der Waals surface area contributed by atoms with Crippen molar-refractivity contribution in [2.75, 3.05) is 6.54 Å². The molecule has 4 aromatic rings. The summed E-state index contributed by atoms with van der Waals surface area (Å²) in [6.07, 6.45) is 1.57. The Morgan fingerprint density at radius 1 is 1.03 bits per heavy atom. The van der Waals surface area contributed by atoms with Gasteiger partial charge < -0.3 is 15.2 Å². The molecule has 1 heterocycles. The third-order valence-corrected chi connectivity index (χ3v) is 6.91. The van der Waals surface area contributed by atoms with Gasteiger partial charge in [-0.15, -0.1) is 0 Å². The topological polar surface area (TPSA) is 58.6 Å². The lowest BCUT2D eigenvalue weighted by Crippen LogP contribution is -2.31. The van der Waals surface area contributed by atoms with Gasteiger partial charge in [0, 0.05) is 22.9 Å². The van der Waals surface area contributed by atoms with E-state index in [2.05, 4.69) is 18.3 Å². The Kier molecular flexibility index (Phi) is 6.51. The first-order valence-electron chi connectivity index (χ1n) is 12.0. The van der Waals surface area contributed by atoms with Crippen LogP contribution in [0.1, 0.15) is 58.8 Å². The minimum atomic E-state index is -0.921. The zero-order valence-corrected chi connectivity index (χ0v) is 19.6. The van der Waals surface area contributed by atoms with E-state index in [9.17, 15) is 14.3 Å². The van der Waals surface area contributed by atoms with E-state index in [-0.39, 0.29) is 23.9 Å². The molecule has 35 heavy (non-hydrogen) atoms. The van der Waals surface area contributed by atoms with E-state index >= 15 is 0 Å². The summed E-state index contributed by atoms with van der Waals surface area (Å²) in [6, 6.07) is 26.2. The maximum Gasteiger partial charge on any atom is 0.335 e. The second-order valence-corrected chi connectivity index (χ2v) is 9.14. The lowest BCUT2D eigenvalue weighted by molar-refractivity contribution is 0.0696. The minimum absolute atomic E-state index is 0.00644. The second-order valence-electron chi connectivity index (χ2n) is 9.14. The number of fused-ring (bicyclic) bond motifs is 2. The summed E-state index contributed by atoms with van der Waals surface area (Å²) in [5.41, 5.74) is 3.44. The van der Waals surface area contributed by atoms with E-state index in [4.69, 9.17) is 4.74 Å². The molecular weight excluding hydrogens is 441 g/mol. The quantitative estimate of drug-likeness (QED) is 0.316. The maximum absolute atomic E-state index is 14.2. The summed E-state index contributed by atoms with van der Waals surface area (Å²) in [7, 11) is 0. The van der Waals surface area contributed by atoms with Gasteiger partial charge in [-0.05, 0) is 67.1 Å². The number of aromatic carboxylic acids is 1. The summed E-state index contributed by atoms with van der Waals surface area (Å²) in [6.45, 7) is 2.83. The van der Waals surface area contributed by atoms with Crippen LogP contribution in [0.5, 0.6) is 5.75 Å². The van der Waals surface area contributed by atoms with Gasteiger partial charge in [0.15, 0.2) is 0 Å². The Balaban J connectivity index is 1.31. The Labute approximate surface area is 204 Å². The molecule has 4 aromatic carbocycles. The van der Waals surface area contributed by atoms with Crippen molar-refractivity contribution in [2.45, 2.75) is 37.8 Å². The molecule has 4 nitrogen and oxygen atoms in total. The van der Waals surface area contributed by atoms with Crippen LogP contribution in [-0.4, -0.2) is 23.7 Å². The molecular formula is C30H28FNO3. The van der Waals surface area contributed by atoms with E-state index in [0.717, 1.165) is 47.2 Å². The second kappa shape index (κ2) is 9.88. The van der Waals surface area contributed by atoms with Gasteiger partial charge in [0.05, 0.1) is 5.56 Å². The van der Waals surface area contributed by atoms with Crippen molar-refractivity contribution >= 4 is 16.7 Å². The molecule has 1 aliphatic rings. The third-order valence-electron chi connectivity index (χ3n) is 6.91. The van der Waals surface area contributed by atoms with Gasteiger partial charge >= 0.3 is 5.97 Å². The first kappa shape index (κ1) is 23.1. The van der Waals surface area contributed by atoms with Gasteiger partial charge in [-0.3, -0.25) is 0 Å². The van der Waals surface area contributed by atoms with Crippen molar-refractivity contribution in [3.05, 3.63) is 113 Å². The van der Waals surface area contributed by atoms with Crippen LogP contribution in [0.4, 0.5) is 4.39 Å². The summed E-state index contributed by atoms with van der Waals surface area (Å²) >= 11 is 0. The highest BCUT2D eigenvalue weighted by Crippen LogP contribution is 2.41. The zero-order chi connectivity index (χ0) is 24.4. The number of benzene rings is 4. The molecule has 178 valence electrons. The summed E-state index contributed by atoms with van der Waals surface area (Å²) < 4.78 is 20.6. The molecule has 0 saturated heterocycles. The predicted molar refractivity (Wildman–Crippen MR) is 136 cm³/mol. The van der Waals surface area contributed by atoms with Gasteiger partial charge in [0.2, 0.25) is 0 Å². The molecule has 2 N–H and O–H groups in total. The van der Waals surface area contributed by atoms with E-state index < -0.39 is 5.97 Å². The van der Waals surface area contributed by atoms with Gasteiger partial charge in [-0.2, -0.15) is 0 Å². The number of rotatable bonds is 7. The first-order chi connectivity index (χ1) is 17.0. The van der Waals surface area contributed by atoms with E-state index in [0.29, 0.717) is 10.9 Å². The van der Waals surface area contributed by atoms with Crippen LogP contribution in [0.15, 0.2) is 84.9 Å². The van der Waals surface area contributed by atoms with Crippen molar-refractivity contribution in [3.63, 3.8) is 0 Å². The molecule has 0 bridgehead atoms. The van der Waals surface area contributed by atoms with E-state index in [1.165, 1.54) is 6.07 Å². The van der Waals surface area contributed by atoms with Gasteiger partial charge in [0.25, 0.3) is 0 Å². The fraction of sp³-hybridized carbons (Fsp3) is 0.233. The maximum atomic E-state index is 14.2. The van der Waals surface area contributed by atoms with Crippen LogP contribution in [0.2, 0.25) is 0 Å². The van der Waals surface area contributed by atoms with Gasteiger partial charge in [-0.1, -0.05) is 60.7 Å². The average Bonchev–Trinajstić information content (AvgIpc) is 2.88. The number of nitrogens with one attached hydrogen (secondary N) is 1. The molecule has 2 unspecified atom stereocenters. The fourth-order valence-electron chi connectivity index (χ4n) is 5.11. The number of halogens is 1. The van der Waals surface area contributed by atoms with Crippen molar-refractivity contribution in [3.8, 4) is 5.75 Å². The van der Waals surface area contributed by atoms with Crippen molar-refractivity contribution < 1.29 is 19.0 Å². The van der Waals surface area contributed by atoms with Gasteiger partial charge in [0.1, 0.15) is 17.7 Å². The average molecular weight is 470 g/mol. The number of ether oxygens (including phenoxy) is 1. The molecule has 0 spiro atoms. The van der Waals surface area contributed by atoms with Crippen molar-refractivity contribution in [1.82, 2.24) is 5.32 Å². The number of hydrogen-bond acceptors (Lipinski definition) is 3. The molecule has 5 heteroatoms. The number of para-hydroxylation sites is 1. The number of carbonyl (C=O) groups is 1. The summed E-state index contributed by atoms with van der Waals surface area (Å²) in [5, 5.41) is 14.6. The highest BCUT2D eigenvalue weighted by Gasteiger charge is 2.29. The molecule has 0 aliphatic carbocycles.